The van der Waals surface area contributed by atoms with Crippen molar-refractivity contribution in [1.82, 2.24) is 5.32 Å². The van der Waals surface area contributed by atoms with E-state index in [4.69, 9.17) is 11.6 Å². The minimum atomic E-state index is 0.519. The molecule has 82 valence electrons. The summed E-state index contributed by atoms with van der Waals surface area (Å²) in [6, 6.07) is 8.62. The molecule has 0 amide bonds. The Bertz CT molecular complexity index is 320. The van der Waals surface area contributed by atoms with Gasteiger partial charge in [0.05, 0.1) is 0 Å². The molecule has 1 atom stereocenters. The molecule has 1 aliphatic carbocycles. The lowest BCUT2D eigenvalue weighted by Gasteiger charge is -2.14. The molecule has 1 nitrogen and oxygen atoms in total. The third-order valence-electron chi connectivity index (χ3n) is 2.94. The molecule has 0 radical (unpaired) electrons. The summed E-state index contributed by atoms with van der Waals surface area (Å²) in [6.45, 7) is 3.40. The molecule has 1 fully saturated rings. The fraction of sp³-hybridized carbons (Fsp3) is 0.538. The highest BCUT2D eigenvalue weighted by atomic mass is 35.5. The third-order valence-corrected chi connectivity index (χ3v) is 3.30. The normalized spacial score (nSPS) is 17.7. The Balaban J connectivity index is 1.81. The van der Waals surface area contributed by atoms with Gasteiger partial charge in [-0.3, -0.25) is 0 Å². The summed E-state index contributed by atoms with van der Waals surface area (Å²) in [6.07, 6.45) is 3.84. The number of halogens is 1. The molecule has 1 N–H and O–H groups in total. The van der Waals surface area contributed by atoms with Gasteiger partial charge in [-0.15, -0.1) is 0 Å². The molecule has 1 aromatic rings. The van der Waals surface area contributed by atoms with Crippen LogP contribution in [0, 0.1) is 5.92 Å². The maximum absolute atomic E-state index is 6.12. The third kappa shape index (κ3) is 3.51. The molecule has 0 spiro atoms. The van der Waals surface area contributed by atoms with Crippen molar-refractivity contribution in [1.29, 1.82) is 0 Å². The van der Waals surface area contributed by atoms with Crippen molar-refractivity contribution >= 4 is 11.6 Å². The van der Waals surface area contributed by atoms with E-state index in [2.05, 4.69) is 24.4 Å². The molecular formula is C13H18ClN. The Morgan fingerprint density at radius 1 is 1.40 bits per heavy atom. The van der Waals surface area contributed by atoms with Gasteiger partial charge in [-0.2, -0.15) is 0 Å². The largest absolute Gasteiger partial charge is 0.314 e. The maximum atomic E-state index is 6.12. The van der Waals surface area contributed by atoms with Crippen molar-refractivity contribution in [3.8, 4) is 0 Å². The monoisotopic (exact) mass is 223 g/mol. The molecule has 0 aliphatic heterocycles. The zero-order chi connectivity index (χ0) is 10.7. The van der Waals surface area contributed by atoms with Crippen molar-refractivity contribution in [2.24, 2.45) is 5.92 Å². The molecule has 0 bridgehead atoms. The van der Waals surface area contributed by atoms with Gasteiger partial charge in [0.1, 0.15) is 0 Å². The first-order valence-corrected chi connectivity index (χ1v) is 6.10. The SMILES string of the molecule is CC(Cc1ccccc1Cl)NCC1CC1. The van der Waals surface area contributed by atoms with E-state index < -0.39 is 0 Å². The molecular weight excluding hydrogens is 206 g/mol. The Morgan fingerprint density at radius 2 is 2.13 bits per heavy atom. The van der Waals surface area contributed by atoms with Crippen LogP contribution < -0.4 is 5.32 Å². The lowest BCUT2D eigenvalue weighted by atomic mass is 10.1. The van der Waals surface area contributed by atoms with Gasteiger partial charge < -0.3 is 5.32 Å². The van der Waals surface area contributed by atoms with E-state index >= 15 is 0 Å². The van der Waals surface area contributed by atoms with Gasteiger partial charge in [-0.25, -0.2) is 0 Å². The second kappa shape index (κ2) is 5.00. The minimum Gasteiger partial charge on any atom is -0.314 e. The lowest BCUT2D eigenvalue weighted by Crippen LogP contribution is -2.29. The number of nitrogens with one attached hydrogen (secondary N) is 1. The fourth-order valence-electron chi connectivity index (χ4n) is 1.76. The van der Waals surface area contributed by atoms with Gasteiger partial charge in [-0.1, -0.05) is 29.8 Å². The van der Waals surface area contributed by atoms with E-state index in [9.17, 15) is 0 Å². The van der Waals surface area contributed by atoms with E-state index in [0.29, 0.717) is 6.04 Å². The molecule has 2 heteroatoms. The first kappa shape index (κ1) is 11.0. The number of rotatable bonds is 5. The lowest BCUT2D eigenvalue weighted by molar-refractivity contribution is 0.526. The second-order valence-corrected chi connectivity index (χ2v) is 4.96. The van der Waals surface area contributed by atoms with Gasteiger partial charge >= 0.3 is 0 Å². The zero-order valence-corrected chi connectivity index (χ0v) is 9.93. The van der Waals surface area contributed by atoms with Crippen molar-refractivity contribution in [2.45, 2.75) is 32.2 Å². The zero-order valence-electron chi connectivity index (χ0n) is 9.17. The predicted octanol–water partition coefficient (Wildman–Crippen LogP) is 3.27. The van der Waals surface area contributed by atoms with Crippen LogP contribution in [-0.2, 0) is 6.42 Å². The van der Waals surface area contributed by atoms with E-state index in [0.717, 1.165) is 17.4 Å². The Hall–Kier alpha value is -0.530. The second-order valence-electron chi connectivity index (χ2n) is 4.55. The van der Waals surface area contributed by atoms with Crippen LogP contribution in [0.3, 0.4) is 0 Å². The Morgan fingerprint density at radius 3 is 2.80 bits per heavy atom. The average molecular weight is 224 g/mol. The number of hydrogen-bond acceptors (Lipinski definition) is 1. The maximum Gasteiger partial charge on any atom is 0.0438 e. The van der Waals surface area contributed by atoms with Crippen molar-refractivity contribution in [2.75, 3.05) is 6.54 Å². The molecule has 1 aliphatic rings. The Kier molecular flexibility index (Phi) is 3.66. The smallest absolute Gasteiger partial charge is 0.0438 e. The molecule has 2 rings (SSSR count). The number of benzene rings is 1. The molecule has 0 saturated heterocycles. The Labute approximate surface area is 96.8 Å². The molecule has 1 saturated carbocycles. The first-order valence-electron chi connectivity index (χ1n) is 5.72. The van der Waals surface area contributed by atoms with E-state index in [-0.39, 0.29) is 0 Å². The van der Waals surface area contributed by atoms with Crippen molar-refractivity contribution < 1.29 is 0 Å². The van der Waals surface area contributed by atoms with Gasteiger partial charge in [0.15, 0.2) is 0 Å². The predicted molar refractivity (Wildman–Crippen MR) is 65.3 cm³/mol. The van der Waals surface area contributed by atoms with Crippen LogP contribution in [0.25, 0.3) is 0 Å². The minimum absolute atomic E-state index is 0.519. The van der Waals surface area contributed by atoms with Crippen LogP contribution in [0.5, 0.6) is 0 Å². The van der Waals surface area contributed by atoms with Crippen LogP contribution in [0.4, 0.5) is 0 Å². The fourth-order valence-corrected chi connectivity index (χ4v) is 1.97. The highest BCUT2D eigenvalue weighted by Crippen LogP contribution is 2.27. The highest BCUT2D eigenvalue weighted by Gasteiger charge is 2.21. The summed E-state index contributed by atoms with van der Waals surface area (Å²) < 4.78 is 0. The summed E-state index contributed by atoms with van der Waals surface area (Å²) in [7, 11) is 0. The summed E-state index contributed by atoms with van der Waals surface area (Å²) >= 11 is 6.12. The topological polar surface area (TPSA) is 12.0 Å². The van der Waals surface area contributed by atoms with Crippen LogP contribution in [-0.4, -0.2) is 12.6 Å². The van der Waals surface area contributed by atoms with Crippen molar-refractivity contribution in [3.05, 3.63) is 34.9 Å². The van der Waals surface area contributed by atoms with Gasteiger partial charge in [0.25, 0.3) is 0 Å². The number of hydrogen-bond donors (Lipinski definition) is 1. The quantitative estimate of drug-likeness (QED) is 0.808. The molecule has 1 aromatic carbocycles. The first-order chi connectivity index (χ1) is 7.25. The van der Waals surface area contributed by atoms with Crippen LogP contribution in [0.1, 0.15) is 25.3 Å². The van der Waals surface area contributed by atoms with E-state index in [1.165, 1.54) is 24.9 Å². The summed E-state index contributed by atoms with van der Waals surface area (Å²) in [5.74, 6) is 0.943. The standard InChI is InChI=1S/C13H18ClN/c1-10(15-9-11-6-7-11)8-12-4-2-3-5-13(12)14/h2-5,10-11,15H,6-9H2,1H3. The van der Waals surface area contributed by atoms with Crippen LogP contribution in [0.15, 0.2) is 24.3 Å². The van der Waals surface area contributed by atoms with Gasteiger partial charge in [-0.05, 0) is 50.3 Å². The highest BCUT2D eigenvalue weighted by molar-refractivity contribution is 6.31. The van der Waals surface area contributed by atoms with E-state index in [1.54, 1.807) is 0 Å². The average Bonchev–Trinajstić information content (AvgIpc) is 3.02. The molecule has 1 unspecified atom stereocenters. The summed E-state index contributed by atoms with van der Waals surface area (Å²) in [5.41, 5.74) is 1.25. The van der Waals surface area contributed by atoms with Crippen LogP contribution in [0.2, 0.25) is 5.02 Å². The molecule has 15 heavy (non-hydrogen) atoms. The van der Waals surface area contributed by atoms with Crippen LogP contribution >= 0.6 is 11.6 Å². The van der Waals surface area contributed by atoms with Crippen molar-refractivity contribution in [3.63, 3.8) is 0 Å². The van der Waals surface area contributed by atoms with Gasteiger partial charge in [0.2, 0.25) is 0 Å². The molecule has 0 aromatic heterocycles. The summed E-state index contributed by atoms with van der Waals surface area (Å²) in [5, 5.41) is 4.45. The van der Waals surface area contributed by atoms with E-state index in [1.807, 2.05) is 12.1 Å². The van der Waals surface area contributed by atoms with Gasteiger partial charge in [0, 0.05) is 11.1 Å². The molecule has 0 heterocycles. The summed E-state index contributed by atoms with van der Waals surface area (Å²) in [4.78, 5) is 0.